The smallest absolute Gasteiger partial charge is 0.0675 e. The molecule has 0 saturated carbocycles. The molecule has 0 amide bonds. The molecular weight excluding hydrogens is 200 g/mol. The molecule has 0 spiro atoms. The van der Waals surface area contributed by atoms with Crippen LogP contribution < -0.4 is 21.5 Å². The Balaban J connectivity index is 2.39. The van der Waals surface area contributed by atoms with Crippen LogP contribution in [0, 0.1) is 5.92 Å². The van der Waals surface area contributed by atoms with E-state index in [1.807, 2.05) is 0 Å². The van der Waals surface area contributed by atoms with Crippen LogP contribution in [0.5, 0.6) is 0 Å². The van der Waals surface area contributed by atoms with Crippen molar-refractivity contribution in [1.29, 1.82) is 0 Å². The summed E-state index contributed by atoms with van der Waals surface area (Å²) in [6.07, 6.45) is 2.87. The topological polar surface area (TPSA) is 48.1 Å². The van der Waals surface area contributed by atoms with Gasteiger partial charge in [0.2, 0.25) is 0 Å². The van der Waals surface area contributed by atoms with Crippen LogP contribution in [0.2, 0.25) is 0 Å². The Bertz CT molecular complexity index is 130. The lowest BCUT2D eigenvalue weighted by Crippen LogP contribution is -2.54. The molecule has 1 aliphatic heterocycles. The Morgan fingerprint density at radius 1 is 0.750 bits per heavy atom. The van der Waals surface area contributed by atoms with Crippen LogP contribution in [0.4, 0.5) is 0 Å². The Morgan fingerprint density at radius 2 is 1.50 bits per heavy atom. The van der Waals surface area contributed by atoms with E-state index >= 15 is 0 Å². The second kappa shape index (κ2) is 7.22. The fourth-order valence-electron chi connectivity index (χ4n) is 1.86. The molecule has 3 unspecified atom stereocenters. The molecule has 1 rings (SSSR count). The van der Waals surface area contributed by atoms with Gasteiger partial charge in [0, 0.05) is 18.6 Å². The number of hydrazine groups is 1. The summed E-state index contributed by atoms with van der Waals surface area (Å²) >= 11 is 0. The van der Waals surface area contributed by atoms with Gasteiger partial charge in [-0.3, -0.25) is 5.43 Å². The van der Waals surface area contributed by atoms with E-state index in [0.29, 0.717) is 18.2 Å². The quantitative estimate of drug-likeness (QED) is 0.496. The van der Waals surface area contributed by atoms with Crippen LogP contribution in [-0.2, 0) is 0 Å². The molecule has 96 valence electrons. The summed E-state index contributed by atoms with van der Waals surface area (Å²) in [4.78, 5) is 0. The molecule has 0 aromatic heterocycles. The molecule has 4 atom stereocenters. The minimum Gasteiger partial charge on any atom is -0.313 e. The zero-order valence-corrected chi connectivity index (χ0v) is 11.1. The molecule has 1 heterocycles. The molecule has 16 heavy (non-hydrogen) atoms. The molecule has 4 nitrogen and oxygen atoms in total. The summed E-state index contributed by atoms with van der Waals surface area (Å²) in [5.74, 6) is 0.741. The van der Waals surface area contributed by atoms with Crippen molar-refractivity contribution in [3.63, 3.8) is 0 Å². The van der Waals surface area contributed by atoms with E-state index in [1.165, 1.54) is 12.8 Å². The molecule has 1 aliphatic rings. The van der Waals surface area contributed by atoms with Crippen molar-refractivity contribution in [2.75, 3.05) is 13.1 Å². The van der Waals surface area contributed by atoms with Crippen molar-refractivity contribution in [2.45, 2.75) is 58.8 Å². The van der Waals surface area contributed by atoms with Crippen molar-refractivity contribution in [1.82, 2.24) is 21.5 Å². The van der Waals surface area contributed by atoms with Crippen molar-refractivity contribution in [3.8, 4) is 0 Å². The minimum absolute atomic E-state index is 0.321. The minimum atomic E-state index is 0.321. The second-order valence-electron chi connectivity index (χ2n) is 5.31. The highest BCUT2D eigenvalue weighted by Crippen LogP contribution is 2.07. The molecule has 1 fully saturated rings. The van der Waals surface area contributed by atoms with Gasteiger partial charge in [-0.2, -0.15) is 0 Å². The predicted molar refractivity (Wildman–Crippen MR) is 69.1 cm³/mol. The average Bonchev–Trinajstić information content (AvgIpc) is 2.27. The number of hydrogen-bond donors (Lipinski definition) is 4. The molecule has 0 bridgehead atoms. The summed E-state index contributed by atoms with van der Waals surface area (Å²) in [7, 11) is 0. The van der Waals surface area contributed by atoms with Gasteiger partial charge in [-0.1, -0.05) is 6.92 Å². The van der Waals surface area contributed by atoms with Gasteiger partial charge in [-0.25, -0.2) is 5.43 Å². The SMILES string of the molecule is CC1CC[C@H](C)NCC(C)NNC(C)NC1. The van der Waals surface area contributed by atoms with Crippen LogP contribution in [0.15, 0.2) is 0 Å². The van der Waals surface area contributed by atoms with Gasteiger partial charge in [0.1, 0.15) is 0 Å². The predicted octanol–water partition coefficient (Wildman–Crippen LogP) is 0.813. The molecule has 1 saturated heterocycles. The highest BCUT2D eigenvalue weighted by Gasteiger charge is 2.11. The summed E-state index contributed by atoms with van der Waals surface area (Å²) in [6.45, 7) is 11.0. The van der Waals surface area contributed by atoms with Gasteiger partial charge < -0.3 is 10.6 Å². The summed E-state index contributed by atoms with van der Waals surface area (Å²) in [5, 5.41) is 7.05. The largest absolute Gasteiger partial charge is 0.313 e. The van der Waals surface area contributed by atoms with Gasteiger partial charge in [-0.15, -0.1) is 0 Å². The zero-order chi connectivity index (χ0) is 12.0. The maximum Gasteiger partial charge on any atom is 0.0675 e. The van der Waals surface area contributed by atoms with Gasteiger partial charge in [0.25, 0.3) is 0 Å². The van der Waals surface area contributed by atoms with Gasteiger partial charge >= 0.3 is 0 Å². The van der Waals surface area contributed by atoms with Gasteiger partial charge in [-0.05, 0) is 46.1 Å². The lowest BCUT2D eigenvalue weighted by Gasteiger charge is -2.26. The molecule has 0 aromatic rings. The Labute approximate surface area is 99.9 Å². The molecule has 4 N–H and O–H groups in total. The standard InChI is InChI=1S/C12H28N4/c1-9-5-6-10(2)13-8-11(3)15-16-12(4)14-7-9/h9-16H,5-8H2,1-4H3/t9?,10-,11?,12?/m0/s1. The van der Waals surface area contributed by atoms with E-state index in [0.717, 1.165) is 19.0 Å². The zero-order valence-electron chi connectivity index (χ0n) is 11.1. The molecule has 0 aromatic carbocycles. The number of rotatable bonds is 0. The third-order valence-corrected chi connectivity index (χ3v) is 3.18. The number of nitrogens with one attached hydrogen (secondary N) is 4. The Hall–Kier alpha value is -0.160. The van der Waals surface area contributed by atoms with Gasteiger partial charge in [0.15, 0.2) is 0 Å². The van der Waals surface area contributed by atoms with Crippen molar-refractivity contribution in [2.24, 2.45) is 5.92 Å². The highest BCUT2D eigenvalue weighted by molar-refractivity contribution is 4.71. The third kappa shape index (κ3) is 5.80. The van der Waals surface area contributed by atoms with Crippen LogP contribution in [0.1, 0.15) is 40.5 Å². The average molecular weight is 228 g/mol. The fraction of sp³-hybridized carbons (Fsp3) is 1.00. The van der Waals surface area contributed by atoms with Crippen LogP contribution in [0.3, 0.4) is 0 Å². The van der Waals surface area contributed by atoms with Crippen molar-refractivity contribution >= 4 is 0 Å². The van der Waals surface area contributed by atoms with E-state index in [9.17, 15) is 0 Å². The first-order valence-electron chi connectivity index (χ1n) is 6.55. The monoisotopic (exact) mass is 228 g/mol. The van der Waals surface area contributed by atoms with E-state index in [2.05, 4.69) is 49.2 Å². The van der Waals surface area contributed by atoms with Crippen molar-refractivity contribution in [3.05, 3.63) is 0 Å². The van der Waals surface area contributed by atoms with E-state index < -0.39 is 0 Å². The molecule has 0 aliphatic carbocycles. The lowest BCUT2D eigenvalue weighted by molar-refractivity contribution is 0.306. The summed E-state index contributed by atoms with van der Waals surface area (Å²) in [5.41, 5.74) is 6.60. The van der Waals surface area contributed by atoms with Crippen LogP contribution in [-0.4, -0.2) is 31.3 Å². The van der Waals surface area contributed by atoms with E-state index in [-0.39, 0.29) is 0 Å². The highest BCUT2D eigenvalue weighted by atomic mass is 15.4. The van der Waals surface area contributed by atoms with Crippen LogP contribution >= 0.6 is 0 Å². The first-order valence-corrected chi connectivity index (χ1v) is 6.55. The van der Waals surface area contributed by atoms with Gasteiger partial charge in [0.05, 0.1) is 6.17 Å². The maximum atomic E-state index is 3.56. The lowest BCUT2D eigenvalue weighted by atomic mass is 10.0. The summed E-state index contributed by atoms with van der Waals surface area (Å²) in [6, 6.07) is 1.06. The summed E-state index contributed by atoms with van der Waals surface area (Å²) < 4.78 is 0. The maximum absolute atomic E-state index is 3.56. The van der Waals surface area contributed by atoms with E-state index in [4.69, 9.17) is 0 Å². The first kappa shape index (κ1) is 13.9. The normalized spacial score (nSPS) is 39.8. The van der Waals surface area contributed by atoms with Crippen molar-refractivity contribution < 1.29 is 0 Å². The number of hydrogen-bond acceptors (Lipinski definition) is 4. The molecule has 0 radical (unpaired) electrons. The molecular formula is C12H28N4. The van der Waals surface area contributed by atoms with E-state index in [1.54, 1.807) is 0 Å². The first-order chi connectivity index (χ1) is 7.58. The molecule has 4 heteroatoms. The Morgan fingerprint density at radius 3 is 2.25 bits per heavy atom. The van der Waals surface area contributed by atoms with Crippen LogP contribution in [0.25, 0.3) is 0 Å². The third-order valence-electron chi connectivity index (χ3n) is 3.18. The Kier molecular flexibility index (Phi) is 6.28. The second-order valence-corrected chi connectivity index (χ2v) is 5.31. The fourth-order valence-corrected chi connectivity index (χ4v) is 1.86.